The summed E-state index contributed by atoms with van der Waals surface area (Å²) >= 11 is 6.10. The maximum atomic E-state index is 8.36. The molecular weight excluding hydrogens is 233 g/mol. The van der Waals surface area contributed by atoms with Gasteiger partial charge in [-0.15, -0.1) is 0 Å². The van der Waals surface area contributed by atoms with Crippen molar-refractivity contribution in [3.05, 3.63) is 0 Å². The van der Waals surface area contributed by atoms with E-state index in [4.69, 9.17) is 25.8 Å². The molecule has 3 atom stereocenters. The van der Waals surface area contributed by atoms with Crippen molar-refractivity contribution in [2.75, 3.05) is 19.4 Å². The van der Waals surface area contributed by atoms with Crippen molar-refractivity contribution in [1.29, 1.82) is 5.26 Å². The summed E-state index contributed by atoms with van der Waals surface area (Å²) in [5, 5.41) is 8.36. The maximum Gasteiger partial charge on any atom is 0.124 e. The van der Waals surface area contributed by atoms with Crippen molar-refractivity contribution < 1.29 is 9.26 Å². The standard InChI is InChI=1S/C10H17ClNO2P/c1-2-10-9(4-7-13-10)8-15(11)14-6-3-5-12/h9-10H,2-4,6-8H2,1H3. The molecule has 0 aromatic heterocycles. The highest BCUT2D eigenvalue weighted by Gasteiger charge is 2.29. The quantitative estimate of drug-likeness (QED) is 0.536. The van der Waals surface area contributed by atoms with Crippen LogP contribution in [0.3, 0.4) is 0 Å². The molecule has 0 spiro atoms. The van der Waals surface area contributed by atoms with Crippen molar-refractivity contribution in [2.45, 2.75) is 32.3 Å². The lowest BCUT2D eigenvalue weighted by Gasteiger charge is -2.19. The molecule has 0 saturated carbocycles. The lowest BCUT2D eigenvalue weighted by Crippen LogP contribution is -2.17. The fraction of sp³-hybridized carbons (Fsp3) is 0.900. The first-order valence-electron chi connectivity index (χ1n) is 5.32. The van der Waals surface area contributed by atoms with Gasteiger partial charge in [-0.3, -0.25) is 0 Å². The predicted molar refractivity (Wildman–Crippen MR) is 62.0 cm³/mol. The Hall–Kier alpha value is 0.130. The molecule has 0 radical (unpaired) electrons. The molecule has 3 nitrogen and oxygen atoms in total. The monoisotopic (exact) mass is 249 g/mol. The van der Waals surface area contributed by atoms with Gasteiger partial charge in [-0.2, -0.15) is 5.26 Å². The zero-order valence-electron chi connectivity index (χ0n) is 8.99. The van der Waals surface area contributed by atoms with Crippen LogP contribution in [0.25, 0.3) is 0 Å². The second-order valence-electron chi connectivity index (χ2n) is 3.61. The molecule has 0 bridgehead atoms. The number of nitrogens with zero attached hydrogens (tertiary/aromatic N) is 1. The highest BCUT2D eigenvalue weighted by molar-refractivity contribution is 7.80. The van der Waals surface area contributed by atoms with E-state index in [1.807, 2.05) is 6.07 Å². The molecule has 0 aliphatic carbocycles. The first-order chi connectivity index (χ1) is 7.27. The largest absolute Gasteiger partial charge is 0.378 e. The summed E-state index contributed by atoms with van der Waals surface area (Å²) in [4.78, 5) is 0. The van der Waals surface area contributed by atoms with Gasteiger partial charge >= 0.3 is 0 Å². The van der Waals surface area contributed by atoms with Gasteiger partial charge in [0.25, 0.3) is 0 Å². The van der Waals surface area contributed by atoms with Gasteiger partial charge in [0.1, 0.15) is 7.50 Å². The lowest BCUT2D eigenvalue weighted by molar-refractivity contribution is 0.0915. The molecule has 0 amide bonds. The third kappa shape index (κ3) is 4.66. The molecule has 0 aromatic carbocycles. The van der Waals surface area contributed by atoms with Crippen molar-refractivity contribution in [1.82, 2.24) is 0 Å². The highest BCUT2D eigenvalue weighted by Crippen LogP contribution is 2.46. The van der Waals surface area contributed by atoms with E-state index in [0.29, 0.717) is 25.0 Å². The summed E-state index contributed by atoms with van der Waals surface area (Å²) in [6.45, 7) is 3.44. The summed E-state index contributed by atoms with van der Waals surface area (Å²) in [6, 6.07) is 2.04. The van der Waals surface area contributed by atoms with Crippen LogP contribution in [0.2, 0.25) is 0 Å². The average Bonchev–Trinajstić information content (AvgIpc) is 2.65. The minimum absolute atomic E-state index is 0.355. The van der Waals surface area contributed by atoms with Crippen LogP contribution in [0, 0.1) is 17.2 Å². The Morgan fingerprint density at radius 1 is 1.67 bits per heavy atom. The summed E-state index contributed by atoms with van der Waals surface area (Å²) in [5.41, 5.74) is 0. The molecule has 3 unspecified atom stereocenters. The molecule has 0 aromatic rings. The summed E-state index contributed by atoms with van der Waals surface area (Å²) < 4.78 is 11.0. The zero-order chi connectivity index (χ0) is 11.1. The Bertz CT molecular complexity index is 222. The Kier molecular flexibility index (Phi) is 6.52. The molecule has 1 fully saturated rings. The van der Waals surface area contributed by atoms with E-state index in [-0.39, 0.29) is 0 Å². The van der Waals surface area contributed by atoms with Crippen LogP contribution in [-0.2, 0) is 9.26 Å². The van der Waals surface area contributed by atoms with Gasteiger partial charge < -0.3 is 9.26 Å². The van der Waals surface area contributed by atoms with Gasteiger partial charge in [0.15, 0.2) is 0 Å². The lowest BCUT2D eigenvalue weighted by atomic mass is 10.0. The summed E-state index contributed by atoms with van der Waals surface area (Å²) in [6.07, 6.45) is 3.80. The van der Waals surface area contributed by atoms with Gasteiger partial charge in [-0.05, 0) is 18.8 Å². The van der Waals surface area contributed by atoms with Crippen LogP contribution in [0.4, 0.5) is 0 Å². The van der Waals surface area contributed by atoms with E-state index in [1.54, 1.807) is 0 Å². The molecule has 15 heavy (non-hydrogen) atoms. The first-order valence-corrected chi connectivity index (χ1v) is 7.67. The van der Waals surface area contributed by atoms with E-state index >= 15 is 0 Å². The minimum atomic E-state index is -0.894. The first kappa shape index (κ1) is 13.2. The number of hydrogen-bond acceptors (Lipinski definition) is 3. The fourth-order valence-electron chi connectivity index (χ4n) is 1.78. The van der Waals surface area contributed by atoms with Crippen LogP contribution < -0.4 is 0 Å². The third-order valence-electron chi connectivity index (χ3n) is 2.57. The number of halogens is 1. The average molecular weight is 250 g/mol. The highest BCUT2D eigenvalue weighted by atomic mass is 35.7. The summed E-state index contributed by atoms with van der Waals surface area (Å²) in [7, 11) is -0.894. The molecule has 86 valence electrons. The molecule has 1 aliphatic rings. The van der Waals surface area contributed by atoms with Gasteiger partial charge in [-0.1, -0.05) is 18.2 Å². The molecule has 1 heterocycles. The van der Waals surface area contributed by atoms with Crippen LogP contribution in [-0.4, -0.2) is 25.5 Å². The normalized spacial score (nSPS) is 27.5. The second kappa shape index (κ2) is 7.41. The van der Waals surface area contributed by atoms with E-state index < -0.39 is 7.50 Å². The van der Waals surface area contributed by atoms with Gasteiger partial charge in [0, 0.05) is 12.8 Å². The molecule has 0 N–H and O–H groups in total. The molecular formula is C10H17ClNO2P. The van der Waals surface area contributed by atoms with Crippen molar-refractivity contribution >= 4 is 18.7 Å². The Labute approximate surface area is 97.3 Å². The van der Waals surface area contributed by atoms with E-state index in [1.165, 1.54) is 0 Å². The van der Waals surface area contributed by atoms with E-state index in [2.05, 4.69) is 6.92 Å². The molecule has 5 heteroatoms. The summed E-state index contributed by atoms with van der Waals surface area (Å²) in [5.74, 6) is 0.542. The molecule has 1 aliphatic heterocycles. The van der Waals surface area contributed by atoms with Crippen LogP contribution in [0.1, 0.15) is 26.2 Å². The van der Waals surface area contributed by atoms with Crippen molar-refractivity contribution in [3.63, 3.8) is 0 Å². The van der Waals surface area contributed by atoms with Crippen LogP contribution in [0.5, 0.6) is 0 Å². The Balaban J connectivity index is 2.19. The maximum absolute atomic E-state index is 8.36. The van der Waals surface area contributed by atoms with E-state index in [9.17, 15) is 0 Å². The smallest absolute Gasteiger partial charge is 0.124 e. The number of ether oxygens (including phenoxy) is 1. The predicted octanol–water partition coefficient (Wildman–Crippen LogP) is 3.28. The number of hydrogen-bond donors (Lipinski definition) is 0. The van der Waals surface area contributed by atoms with Crippen molar-refractivity contribution in [3.8, 4) is 6.07 Å². The fourth-order valence-corrected chi connectivity index (χ4v) is 3.70. The number of rotatable bonds is 6. The minimum Gasteiger partial charge on any atom is -0.378 e. The second-order valence-corrected chi connectivity index (χ2v) is 6.00. The number of nitriles is 1. The van der Waals surface area contributed by atoms with Crippen LogP contribution in [0.15, 0.2) is 0 Å². The third-order valence-corrected chi connectivity index (χ3v) is 4.50. The van der Waals surface area contributed by atoms with E-state index in [0.717, 1.165) is 25.6 Å². The topological polar surface area (TPSA) is 42.2 Å². The van der Waals surface area contributed by atoms with Gasteiger partial charge in [0.05, 0.1) is 25.2 Å². The van der Waals surface area contributed by atoms with Gasteiger partial charge in [-0.25, -0.2) is 0 Å². The molecule has 1 saturated heterocycles. The zero-order valence-corrected chi connectivity index (χ0v) is 10.6. The van der Waals surface area contributed by atoms with Crippen LogP contribution >= 0.6 is 18.7 Å². The molecule has 1 rings (SSSR count). The van der Waals surface area contributed by atoms with Gasteiger partial charge in [0.2, 0.25) is 0 Å². The Morgan fingerprint density at radius 3 is 3.13 bits per heavy atom. The Morgan fingerprint density at radius 2 is 2.47 bits per heavy atom. The van der Waals surface area contributed by atoms with Crippen molar-refractivity contribution in [2.24, 2.45) is 5.92 Å². The SMILES string of the molecule is CCC1OCCC1CP(Cl)OCCC#N.